The number of aromatic nitrogens is 2. The predicted molar refractivity (Wildman–Crippen MR) is 87.9 cm³/mol. The first-order valence-corrected chi connectivity index (χ1v) is 8.49. The van der Waals surface area contributed by atoms with Gasteiger partial charge in [-0.05, 0) is 38.0 Å². The Balaban J connectivity index is 1.72. The molecule has 2 N–H and O–H groups in total. The molecule has 0 spiro atoms. The summed E-state index contributed by atoms with van der Waals surface area (Å²) in [6.45, 7) is 5.55. The van der Waals surface area contributed by atoms with Crippen molar-refractivity contribution >= 4 is 11.6 Å². The lowest BCUT2D eigenvalue weighted by Crippen LogP contribution is -2.25. The molecule has 2 unspecified atom stereocenters. The van der Waals surface area contributed by atoms with E-state index in [9.17, 15) is 0 Å². The van der Waals surface area contributed by atoms with Crippen molar-refractivity contribution in [3.8, 4) is 0 Å². The molecule has 0 aliphatic heterocycles. The monoisotopic (exact) mass is 288 g/mol. The minimum Gasteiger partial charge on any atom is -0.373 e. The first-order chi connectivity index (χ1) is 10.2. The van der Waals surface area contributed by atoms with E-state index in [2.05, 4.69) is 29.5 Å². The van der Waals surface area contributed by atoms with Crippen LogP contribution in [-0.2, 0) is 0 Å². The van der Waals surface area contributed by atoms with Crippen molar-refractivity contribution in [2.75, 3.05) is 24.2 Å². The van der Waals surface area contributed by atoms with E-state index in [1.165, 1.54) is 38.5 Å². The third-order valence-corrected chi connectivity index (χ3v) is 5.16. The minimum atomic E-state index is 0.590. The van der Waals surface area contributed by atoms with E-state index in [4.69, 9.17) is 4.98 Å². The molecule has 0 aromatic carbocycles. The van der Waals surface area contributed by atoms with Gasteiger partial charge in [-0.1, -0.05) is 26.2 Å². The van der Waals surface area contributed by atoms with Crippen LogP contribution in [0.15, 0.2) is 0 Å². The number of hydrogen-bond donors (Lipinski definition) is 2. The molecule has 4 nitrogen and oxygen atoms in total. The Morgan fingerprint density at radius 2 is 1.76 bits per heavy atom. The van der Waals surface area contributed by atoms with Crippen LogP contribution in [0.4, 0.5) is 11.6 Å². The van der Waals surface area contributed by atoms with Crippen molar-refractivity contribution in [2.45, 2.75) is 58.3 Å². The zero-order valence-corrected chi connectivity index (χ0v) is 13.6. The molecule has 2 aliphatic rings. The van der Waals surface area contributed by atoms with Crippen molar-refractivity contribution < 1.29 is 0 Å². The molecule has 4 heteroatoms. The lowest BCUT2D eigenvalue weighted by Gasteiger charge is -2.29. The van der Waals surface area contributed by atoms with Gasteiger partial charge in [0.15, 0.2) is 0 Å². The van der Waals surface area contributed by atoms with Gasteiger partial charge in [0.1, 0.15) is 17.5 Å². The Labute approximate surface area is 128 Å². The van der Waals surface area contributed by atoms with E-state index in [-0.39, 0.29) is 0 Å². The Bertz CT molecular complexity index is 496. The number of anilines is 2. The second-order valence-corrected chi connectivity index (χ2v) is 6.83. The van der Waals surface area contributed by atoms with Crippen molar-refractivity contribution in [2.24, 2.45) is 11.8 Å². The molecule has 2 atom stereocenters. The predicted octanol–water partition coefficient (Wildman–Crippen LogP) is 3.94. The zero-order chi connectivity index (χ0) is 14.8. The lowest BCUT2D eigenvalue weighted by molar-refractivity contribution is 0.268. The Morgan fingerprint density at radius 1 is 1.05 bits per heavy atom. The molecule has 0 bridgehead atoms. The maximum Gasteiger partial charge on any atom is 0.136 e. The fraction of sp³-hybridized carbons (Fsp3) is 0.765. The summed E-state index contributed by atoms with van der Waals surface area (Å²) in [5.74, 6) is 5.24. The molecule has 1 aromatic heterocycles. The normalized spacial score (nSPS) is 25.7. The fourth-order valence-electron chi connectivity index (χ4n) is 3.40. The smallest absolute Gasteiger partial charge is 0.136 e. The maximum absolute atomic E-state index is 4.79. The SMILES string of the molecule is CNc1nc(C2CC2)nc(NCC2CCCCC2C)c1C. The van der Waals surface area contributed by atoms with Gasteiger partial charge in [-0.15, -0.1) is 0 Å². The molecule has 2 aliphatic carbocycles. The molecule has 116 valence electrons. The van der Waals surface area contributed by atoms with Crippen LogP contribution < -0.4 is 10.6 Å². The van der Waals surface area contributed by atoms with Crippen LogP contribution >= 0.6 is 0 Å². The van der Waals surface area contributed by atoms with Gasteiger partial charge in [-0.25, -0.2) is 9.97 Å². The molecular formula is C17H28N4. The van der Waals surface area contributed by atoms with Gasteiger partial charge in [-0.2, -0.15) is 0 Å². The standard InChI is InChI=1S/C17H28N4/c1-11-6-4-5-7-14(11)10-19-16-12(2)15(18-3)20-17(21-16)13-8-9-13/h11,13-14H,4-10H2,1-3H3,(H2,18,19,20,21). The average Bonchev–Trinajstić information content (AvgIpc) is 3.32. The van der Waals surface area contributed by atoms with Crippen LogP contribution in [0, 0.1) is 18.8 Å². The Morgan fingerprint density at radius 3 is 2.43 bits per heavy atom. The van der Waals surface area contributed by atoms with E-state index < -0.39 is 0 Å². The summed E-state index contributed by atoms with van der Waals surface area (Å²) in [4.78, 5) is 9.45. The molecule has 3 rings (SSSR count). The van der Waals surface area contributed by atoms with Crippen LogP contribution in [0.5, 0.6) is 0 Å². The van der Waals surface area contributed by atoms with Crippen molar-refractivity contribution in [3.05, 3.63) is 11.4 Å². The second-order valence-electron chi connectivity index (χ2n) is 6.83. The van der Waals surface area contributed by atoms with Gasteiger partial charge in [0.2, 0.25) is 0 Å². The molecule has 2 saturated carbocycles. The van der Waals surface area contributed by atoms with Gasteiger partial charge < -0.3 is 10.6 Å². The largest absolute Gasteiger partial charge is 0.373 e. The average molecular weight is 288 g/mol. The van der Waals surface area contributed by atoms with Crippen LogP contribution in [0.1, 0.15) is 62.8 Å². The molecule has 0 amide bonds. The molecule has 0 radical (unpaired) electrons. The number of nitrogens with zero attached hydrogens (tertiary/aromatic N) is 2. The third-order valence-electron chi connectivity index (χ3n) is 5.16. The van der Waals surface area contributed by atoms with Gasteiger partial charge in [0.25, 0.3) is 0 Å². The van der Waals surface area contributed by atoms with Crippen LogP contribution in [0.2, 0.25) is 0 Å². The summed E-state index contributed by atoms with van der Waals surface area (Å²) in [7, 11) is 1.94. The number of nitrogens with one attached hydrogen (secondary N) is 2. The quantitative estimate of drug-likeness (QED) is 0.861. The summed E-state index contributed by atoms with van der Waals surface area (Å²) in [6.07, 6.45) is 8.00. The highest BCUT2D eigenvalue weighted by atomic mass is 15.1. The van der Waals surface area contributed by atoms with Crippen molar-refractivity contribution in [1.82, 2.24) is 9.97 Å². The Kier molecular flexibility index (Phi) is 4.32. The molecule has 1 heterocycles. The van der Waals surface area contributed by atoms with E-state index >= 15 is 0 Å². The summed E-state index contributed by atoms with van der Waals surface area (Å²) in [6, 6.07) is 0. The van der Waals surface area contributed by atoms with Gasteiger partial charge in [0, 0.05) is 25.1 Å². The molecule has 21 heavy (non-hydrogen) atoms. The molecule has 1 aromatic rings. The van der Waals surface area contributed by atoms with Crippen LogP contribution in [0.3, 0.4) is 0 Å². The summed E-state index contributed by atoms with van der Waals surface area (Å²) in [5, 5.41) is 6.83. The molecule has 2 fully saturated rings. The van der Waals surface area contributed by atoms with Crippen molar-refractivity contribution in [3.63, 3.8) is 0 Å². The first-order valence-electron chi connectivity index (χ1n) is 8.49. The summed E-state index contributed by atoms with van der Waals surface area (Å²) in [5.41, 5.74) is 1.14. The highest BCUT2D eigenvalue weighted by Gasteiger charge is 2.28. The van der Waals surface area contributed by atoms with Gasteiger partial charge in [0.05, 0.1) is 0 Å². The van der Waals surface area contributed by atoms with Crippen LogP contribution in [0.25, 0.3) is 0 Å². The number of rotatable bonds is 5. The van der Waals surface area contributed by atoms with E-state index in [1.54, 1.807) is 0 Å². The summed E-state index contributed by atoms with van der Waals surface area (Å²) < 4.78 is 0. The van der Waals surface area contributed by atoms with E-state index in [0.29, 0.717) is 5.92 Å². The topological polar surface area (TPSA) is 49.8 Å². The fourth-order valence-corrected chi connectivity index (χ4v) is 3.40. The first kappa shape index (κ1) is 14.6. The third kappa shape index (κ3) is 3.30. The Hall–Kier alpha value is -1.32. The highest BCUT2D eigenvalue weighted by Crippen LogP contribution is 2.39. The van der Waals surface area contributed by atoms with Crippen molar-refractivity contribution in [1.29, 1.82) is 0 Å². The molecule has 0 saturated heterocycles. The zero-order valence-electron chi connectivity index (χ0n) is 13.6. The highest BCUT2D eigenvalue weighted by molar-refractivity contribution is 5.57. The van der Waals surface area contributed by atoms with E-state index in [0.717, 1.165) is 41.4 Å². The van der Waals surface area contributed by atoms with E-state index in [1.807, 2.05) is 7.05 Å². The van der Waals surface area contributed by atoms with Crippen LogP contribution in [-0.4, -0.2) is 23.6 Å². The maximum atomic E-state index is 4.79. The summed E-state index contributed by atoms with van der Waals surface area (Å²) >= 11 is 0. The molecular weight excluding hydrogens is 260 g/mol. The number of hydrogen-bond acceptors (Lipinski definition) is 4. The van der Waals surface area contributed by atoms with Gasteiger partial charge >= 0.3 is 0 Å². The minimum absolute atomic E-state index is 0.590. The van der Waals surface area contributed by atoms with Gasteiger partial charge in [-0.3, -0.25) is 0 Å². The lowest BCUT2D eigenvalue weighted by atomic mass is 9.80. The second kappa shape index (κ2) is 6.20.